The summed E-state index contributed by atoms with van der Waals surface area (Å²) in [5.41, 5.74) is 2.50. The van der Waals surface area contributed by atoms with E-state index in [-0.39, 0.29) is 22.8 Å². The number of hydrogen-bond donors (Lipinski definition) is 3. The van der Waals surface area contributed by atoms with Crippen LogP contribution in [-0.4, -0.2) is 36.2 Å². The summed E-state index contributed by atoms with van der Waals surface area (Å²) in [6, 6.07) is 6.19. The second kappa shape index (κ2) is 6.38. The highest BCUT2D eigenvalue weighted by molar-refractivity contribution is 7.94. The maximum Gasteiger partial charge on any atom is 0.261 e. The number of aryl methyl sites for hydroxylation is 2. The first-order chi connectivity index (χ1) is 12.8. The molecule has 0 radical (unpaired) electrons. The molecule has 0 spiro atoms. The van der Waals surface area contributed by atoms with Gasteiger partial charge in [0, 0.05) is 17.0 Å². The molecule has 0 bridgehead atoms. The van der Waals surface area contributed by atoms with E-state index < -0.39 is 27.3 Å². The van der Waals surface area contributed by atoms with Crippen molar-refractivity contribution in [2.24, 2.45) is 0 Å². The van der Waals surface area contributed by atoms with Crippen molar-refractivity contribution < 1.29 is 18.3 Å². The van der Waals surface area contributed by atoms with Crippen molar-refractivity contribution in [1.29, 1.82) is 0 Å². The molecule has 2 aliphatic rings. The Kier molecular flexibility index (Phi) is 4.15. The number of fused-ring (bicyclic) bond motifs is 1. The van der Waals surface area contributed by atoms with Gasteiger partial charge in [-0.3, -0.25) is 9.59 Å². The van der Waals surface area contributed by atoms with Gasteiger partial charge in [-0.05, 0) is 42.5 Å². The number of aromatic amines is 1. The Balaban J connectivity index is 1.61. The molecule has 1 atom stereocenters. The summed E-state index contributed by atoms with van der Waals surface area (Å²) in [5, 5.41) is 13.9. The highest BCUT2D eigenvalue weighted by Gasteiger charge is 2.25. The zero-order chi connectivity index (χ0) is 19.2. The fraction of sp³-hybridized carbons (Fsp3) is 0.263. The van der Waals surface area contributed by atoms with E-state index in [9.17, 15) is 23.1 Å². The number of aromatic nitrogens is 1. The summed E-state index contributed by atoms with van der Waals surface area (Å²) in [6.07, 6.45) is 4.45. The lowest BCUT2D eigenvalue weighted by atomic mass is 10.0. The number of hydrogen-bond acceptors (Lipinski definition) is 5. The Morgan fingerprint density at radius 2 is 1.96 bits per heavy atom. The molecule has 0 unspecified atom stereocenters. The molecular formula is C19H18N2O5S. The molecule has 1 aromatic carbocycles. The number of benzene rings is 1. The third-order valence-corrected chi connectivity index (χ3v) is 6.29. The van der Waals surface area contributed by atoms with Gasteiger partial charge in [-0.15, -0.1) is 0 Å². The van der Waals surface area contributed by atoms with E-state index in [1.807, 2.05) is 18.2 Å². The molecular weight excluding hydrogens is 368 g/mol. The quantitative estimate of drug-likeness (QED) is 0.735. The largest absolute Gasteiger partial charge is 0.506 e. The minimum absolute atomic E-state index is 0.215. The average molecular weight is 386 g/mol. The molecule has 27 heavy (non-hydrogen) atoms. The molecule has 0 fully saturated rings. The Hall–Kier alpha value is -2.87. The lowest BCUT2D eigenvalue weighted by molar-refractivity contribution is 0.0945. The van der Waals surface area contributed by atoms with Crippen molar-refractivity contribution in [3.05, 3.63) is 62.8 Å². The number of sulfone groups is 1. The van der Waals surface area contributed by atoms with Gasteiger partial charge < -0.3 is 15.4 Å². The predicted octanol–water partition coefficient (Wildman–Crippen LogP) is 1.28. The number of aromatic hydroxyl groups is 1. The summed E-state index contributed by atoms with van der Waals surface area (Å²) >= 11 is 0. The van der Waals surface area contributed by atoms with Crippen LogP contribution in [0.2, 0.25) is 0 Å². The Morgan fingerprint density at radius 3 is 2.70 bits per heavy atom. The van der Waals surface area contributed by atoms with Crippen LogP contribution in [0.4, 0.5) is 0 Å². The monoisotopic (exact) mass is 386 g/mol. The zero-order valence-corrected chi connectivity index (χ0v) is 15.2. The van der Waals surface area contributed by atoms with Gasteiger partial charge >= 0.3 is 0 Å². The Morgan fingerprint density at radius 1 is 1.19 bits per heavy atom. The highest BCUT2D eigenvalue weighted by Crippen LogP contribution is 2.31. The van der Waals surface area contributed by atoms with Gasteiger partial charge in [0.15, 0.2) is 9.84 Å². The van der Waals surface area contributed by atoms with E-state index in [1.165, 1.54) is 17.2 Å². The lowest BCUT2D eigenvalue weighted by Crippen LogP contribution is -2.38. The van der Waals surface area contributed by atoms with Crippen LogP contribution in [-0.2, 0) is 22.7 Å². The van der Waals surface area contributed by atoms with Gasteiger partial charge in [0.2, 0.25) is 0 Å². The SMILES string of the molecule is O=C(N[C@@H]1C=CS(=O)(=O)C1)c1cc(O)c(-c2ccc3c(c2)CCC3)[nH]c1=O. The number of carbonyl (C=O) groups is 1. The maximum atomic E-state index is 12.4. The van der Waals surface area contributed by atoms with Crippen LogP contribution < -0.4 is 10.9 Å². The minimum atomic E-state index is -3.32. The average Bonchev–Trinajstić information content (AvgIpc) is 3.21. The van der Waals surface area contributed by atoms with Crippen LogP contribution in [0.3, 0.4) is 0 Å². The summed E-state index contributed by atoms with van der Waals surface area (Å²) < 4.78 is 22.8. The van der Waals surface area contributed by atoms with Crippen molar-refractivity contribution in [2.45, 2.75) is 25.3 Å². The van der Waals surface area contributed by atoms with Crippen LogP contribution >= 0.6 is 0 Å². The normalized spacial score (nSPS) is 19.8. The second-order valence-electron chi connectivity index (χ2n) is 6.85. The van der Waals surface area contributed by atoms with E-state index in [2.05, 4.69) is 10.3 Å². The third-order valence-electron chi connectivity index (χ3n) is 4.90. The summed E-state index contributed by atoms with van der Waals surface area (Å²) in [5.74, 6) is -1.19. The number of pyridine rings is 1. The summed E-state index contributed by atoms with van der Waals surface area (Å²) in [7, 11) is -3.32. The van der Waals surface area contributed by atoms with E-state index in [0.717, 1.165) is 30.7 Å². The van der Waals surface area contributed by atoms with Gasteiger partial charge in [-0.2, -0.15) is 0 Å². The maximum absolute atomic E-state index is 12.4. The fourth-order valence-electron chi connectivity index (χ4n) is 3.55. The van der Waals surface area contributed by atoms with Crippen LogP contribution in [0.1, 0.15) is 27.9 Å². The molecule has 140 valence electrons. The summed E-state index contributed by atoms with van der Waals surface area (Å²) in [4.78, 5) is 27.3. The molecule has 1 aliphatic carbocycles. The first kappa shape index (κ1) is 17.5. The van der Waals surface area contributed by atoms with Crippen LogP contribution in [0.25, 0.3) is 11.3 Å². The summed E-state index contributed by atoms with van der Waals surface area (Å²) in [6.45, 7) is 0. The first-order valence-corrected chi connectivity index (χ1v) is 10.3. The number of nitrogens with one attached hydrogen (secondary N) is 2. The molecule has 4 rings (SSSR count). The highest BCUT2D eigenvalue weighted by atomic mass is 32.2. The lowest BCUT2D eigenvalue weighted by Gasteiger charge is -2.11. The number of carbonyl (C=O) groups excluding carboxylic acids is 1. The van der Waals surface area contributed by atoms with Crippen molar-refractivity contribution in [3.63, 3.8) is 0 Å². The number of rotatable bonds is 3. The molecule has 7 nitrogen and oxygen atoms in total. The van der Waals surface area contributed by atoms with Crippen LogP contribution in [0.15, 0.2) is 40.5 Å². The van der Waals surface area contributed by atoms with Crippen molar-refractivity contribution >= 4 is 15.7 Å². The smallest absolute Gasteiger partial charge is 0.261 e. The topological polar surface area (TPSA) is 116 Å². The van der Waals surface area contributed by atoms with Crippen molar-refractivity contribution in [3.8, 4) is 17.0 Å². The fourth-order valence-corrected chi connectivity index (χ4v) is 4.78. The van der Waals surface area contributed by atoms with Gasteiger partial charge in [0.1, 0.15) is 11.3 Å². The van der Waals surface area contributed by atoms with E-state index in [4.69, 9.17) is 0 Å². The van der Waals surface area contributed by atoms with Gasteiger partial charge in [-0.1, -0.05) is 12.1 Å². The predicted molar refractivity (Wildman–Crippen MR) is 100 cm³/mol. The Bertz CT molecular complexity index is 1130. The van der Waals surface area contributed by atoms with E-state index in [0.29, 0.717) is 5.56 Å². The second-order valence-corrected chi connectivity index (χ2v) is 8.78. The molecule has 0 saturated heterocycles. The Labute approximate surface area is 155 Å². The van der Waals surface area contributed by atoms with E-state index >= 15 is 0 Å². The number of amides is 1. The van der Waals surface area contributed by atoms with Gasteiger partial charge in [0.25, 0.3) is 11.5 Å². The standard InChI is InChI=1S/C19H18N2O5S/c22-16-9-15(18(23)20-14-6-7-27(25,26)10-14)19(24)21-17(16)13-5-4-11-2-1-3-12(11)8-13/h4-9,14,22H,1-3,10H2,(H,20,23)(H,21,24)/t14-/m1/s1. The van der Waals surface area contributed by atoms with Gasteiger partial charge in [-0.25, -0.2) is 8.42 Å². The van der Waals surface area contributed by atoms with Crippen molar-refractivity contribution in [2.75, 3.05) is 5.75 Å². The number of H-pyrrole nitrogens is 1. The van der Waals surface area contributed by atoms with Gasteiger partial charge in [0.05, 0.1) is 17.5 Å². The molecule has 8 heteroatoms. The molecule has 1 aromatic heterocycles. The molecule has 3 N–H and O–H groups in total. The minimum Gasteiger partial charge on any atom is -0.506 e. The molecule has 2 heterocycles. The molecule has 1 amide bonds. The van der Waals surface area contributed by atoms with Crippen LogP contribution in [0, 0.1) is 0 Å². The molecule has 1 aliphatic heterocycles. The first-order valence-electron chi connectivity index (χ1n) is 8.63. The molecule has 0 saturated carbocycles. The zero-order valence-electron chi connectivity index (χ0n) is 14.4. The van der Waals surface area contributed by atoms with Crippen molar-refractivity contribution in [1.82, 2.24) is 10.3 Å². The molecule has 2 aromatic rings. The third kappa shape index (κ3) is 3.40. The van der Waals surface area contributed by atoms with E-state index in [1.54, 1.807) is 0 Å². The van der Waals surface area contributed by atoms with Crippen LogP contribution in [0.5, 0.6) is 5.75 Å².